The standard InChI is InChI=1S/C38H33F2N5O6S/c1-43(20-23-7-4-3-5-8-23)21-28-33-35(46)45(26-15-16-31-32(19-26)51-18-17-50-31)38(48)44(22-27-29(39)9-6-10-30(27)40)36(33)52-34(28)24-11-13-25(14-12-24)41-37(47)42-49-2/h3-16,19H,17-18,20-22H2,1-2H3,(H2,41,42,47). The first-order valence-electron chi connectivity index (χ1n) is 16.3. The van der Waals surface area contributed by atoms with Crippen LogP contribution in [0.25, 0.3) is 26.3 Å². The van der Waals surface area contributed by atoms with Gasteiger partial charge in [0.05, 0.1) is 24.7 Å². The van der Waals surface area contributed by atoms with Gasteiger partial charge in [0.1, 0.15) is 29.7 Å². The van der Waals surface area contributed by atoms with E-state index < -0.39 is 35.5 Å². The Morgan fingerprint density at radius 2 is 1.60 bits per heavy atom. The van der Waals surface area contributed by atoms with Crippen LogP contribution in [0.3, 0.4) is 0 Å². The number of nitrogens with zero attached hydrogens (tertiary/aromatic N) is 3. The maximum absolute atomic E-state index is 15.2. The van der Waals surface area contributed by atoms with Crippen LogP contribution in [0, 0.1) is 11.6 Å². The van der Waals surface area contributed by atoms with Crippen LogP contribution in [0.15, 0.2) is 101 Å². The lowest BCUT2D eigenvalue weighted by atomic mass is 10.1. The normalized spacial score (nSPS) is 12.3. The summed E-state index contributed by atoms with van der Waals surface area (Å²) in [6.45, 7) is 0.997. The largest absolute Gasteiger partial charge is 0.486 e. The Morgan fingerprint density at radius 1 is 0.885 bits per heavy atom. The summed E-state index contributed by atoms with van der Waals surface area (Å²) in [4.78, 5) is 48.9. The Hall–Kier alpha value is -5.83. The molecular weight excluding hydrogens is 693 g/mol. The number of thiophene rings is 1. The van der Waals surface area contributed by atoms with E-state index in [2.05, 4.69) is 15.6 Å². The first-order chi connectivity index (χ1) is 25.2. The molecule has 0 spiro atoms. The van der Waals surface area contributed by atoms with Crippen molar-refractivity contribution in [2.75, 3.05) is 32.7 Å². The molecule has 1 aliphatic heterocycles. The van der Waals surface area contributed by atoms with Crippen LogP contribution in [0.1, 0.15) is 16.7 Å². The van der Waals surface area contributed by atoms with E-state index in [1.807, 2.05) is 42.3 Å². The summed E-state index contributed by atoms with van der Waals surface area (Å²) in [6, 6.07) is 24.5. The van der Waals surface area contributed by atoms with Gasteiger partial charge in [0.25, 0.3) is 5.56 Å². The fraction of sp³-hybridized carbons (Fsp3) is 0.184. The second-order valence-corrected chi connectivity index (χ2v) is 13.1. The third kappa shape index (κ3) is 6.91. The second kappa shape index (κ2) is 14.8. The van der Waals surface area contributed by atoms with Gasteiger partial charge in [-0.3, -0.25) is 19.1 Å². The SMILES string of the molecule is CONC(=O)Nc1ccc(-c2sc3c(c2CN(C)Cc2ccccc2)c(=O)n(-c2ccc4c(c2)OCCO4)c(=O)n3Cc2c(F)cccc2F)cc1. The zero-order chi connectivity index (χ0) is 36.4. The molecule has 0 unspecified atom stereocenters. The zero-order valence-corrected chi connectivity index (χ0v) is 29.0. The predicted octanol–water partition coefficient (Wildman–Crippen LogP) is 6.29. The van der Waals surface area contributed by atoms with E-state index in [1.165, 1.54) is 29.1 Å². The van der Waals surface area contributed by atoms with Gasteiger partial charge in [-0.15, -0.1) is 11.3 Å². The summed E-state index contributed by atoms with van der Waals surface area (Å²) in [5.74, 6) is -0.810. The molecule has 0 atom stereocenters. The molecule has 2 aromatic heterocycles. The van der Waals surface area contributed by atoms with Crippen LogP contribution in [-0.2, 0) is 24.5 Å². The molecule has 0 saturated heterocycles. The second-order valence-electron chi connectivity index (χ2n) is 12.1. The van der Waals surface area contributed by atoms with Gasteiger partial charge >= 0.3 is 11.7 Å². The first kappa shape index (κ1) is 34.6. The summed E-state index contributed by atoms with van der Waals surface area (Å²) in [6.07, 6.45) is 0. The van der Waals surface area contributed by atoms with Crippen molar-refractivity contribution in [3.05, 3.63) is 140 Å². The highest BCUT2D eigenvalue weighted by Crippen LogP contribution is 2.39. The zero-order valence-electron chi connectivity index (χ0n) is 28.2. The lowest BCUT2D eigenvalue weighted by molar-refractivity contribution is 0.114. The van der Waals surface area contributed by atoms with Crippen LogP contribution in [-0.4, -0.2) is 47.4 Å². The van der Waals surface area contributed by atoms with E-state index >= 15 is 8.78 Å². The van der Waals surface area contributed by atoms with Crippen molar-refractivity contribution in [2.45, 2.75) is 19.6 Å². The molecule has 2 amide bonds. The number of hydrogen-bond acceptors (Lipinski definition) is 8. The molecule has 0 bridgehead atoms. The van der Waals surface area contributed by atoms with Crippen molar-refractivity contribution in [1.82, 2.24) is 19.5 Å². The van der Waals surface area contributed by atoms with Crippen LogP contribution in [0.4, 0.5) is 19.3 Å². The van der Waals surface area contributed by atoms with Gasteiger partial charge in [-0.1, -0.05) is 48.5 Å². The summed E-state index contributed by atoms with van der Waals surface area (Å²) in [5.41, 5.74) is 3.57. The highest BCUT2D eigenvalue weighted by atomic mass is 32.1. The molecule has 11 nitrogen and oxygen atoms in total. The van der Waals surface area contributed by atoms with Crippen LogP contribution in [0.5, 0.6) is 11.5 Å². The van der Waals surface area contributed by atoms with E-state index in [9.17, 15) is 14.4 Å². The van der Waals surface area contributed by atoms with Crippen molar-refractivity contribution in [1.29, 1.82) is 0 Å². The molecule has 266 valence electrons. The van der Waals surface area contributed by atoms with E-state index in [0.717, 1.165) is 22.3 Å². The van der Waals surface area contributed by atoms with E-state index in [-0.39, 0.29) is 28.0 Å². The number of aromatic nitrogens is 2. The third-order valence-corrected chi connectivity index (χ3v) is 9.86. The molecule has 7 rings (SSSR count). The lowest BCUT2D eigenvalue weighted by Gasteiger charge is -2.20. The maximum Gasteiger partial charge on any atom is 0.343 e. The smallest absolute Gasteiger partial charge is 0.343 e. The number of ether oxygens (including phenoxy) is 2. The van der Waals surface area contributed by atoms with Crippen molar-refractivity contribution in [3.8, 4) is 27.6 Å². The van der Waals surface area contributed by atoms with E-state index in [4.69, 9.17) is 9.47 Å². The van der Waals surface area contributed by atoms with Crippen molar-refractivity contribution < 1.29 is 27.9 Å². The molecule has 4 aromatic carbocycles. The van der Waals surface area contributed by atoms with Crippen molar-refractivity contribution in [2.24, 2.45) is 0 Å². The molecule has 52 heavy (non-hydrogen) atoms. The average molecular weight is 726 g/mol. The van der Waals surface area contributed by atoms with Crippen LogP contribution in [0.2, 0.25) is 0 Å². The van der Waals surface area contributed by atoms with Gasteiger partial charge in [0.2, 0.25) is 0 Å². The molecule has 0 fully saturated rings. The van der Waals surface area contributed by atoms with Crippen LogP contribution >= 0.6 is 11.3 Å². The third-order valence-electron chi connectivity index (χ3n) is 8.56. The first-order valence-corrected chi connectivity index (χ1v) is 17.1. The van der Waals surface area contributed by atoms with Gasteiger partial charge in [-0.2, -0.15) is 0 Å². The van der Waals surface area contributed by atoms with Gasteiger partial charge < -0.3 is 14.8 Å². The number of carbonyl (C=O) groups is 1. The van der Waals surface area contributed by atoms with E-state index in [1.54, 1.807) is 42.5 Å². The Balaban J connectivity index is 1.46. The number of halogens is 2. The Bertz CT molecular complexity index is 2370. The number of hydrogen-bond donors (Lipinski definition) is 2. The fourth-order valence-electron chi connectivity index (χ4n) is 6.21. The monoisotopic (exact) mass is 725 g/mol. The molecule has 2 N–H and O–H groups in total. The van der Waals surface area contributed by atoms with Crippen LogP contribution < -0.4 is 31.5 Å². The Labute approximate surface area is 300 Å². The fourth-order valence-corrected chi connectivity index (χ4v) is 7.51. The quantitative estimate of drug-likeness (QED) is 0.160. The molecule has 0 radical (unpaired) electrons. The molecule has 14 heteroatoms. The van der Waals surface area contributed by atoms with Gasteiger partial charge in [0.15, 0.2) is 11.5 Å². The minimum absolute atomic E-state index is 0.213. The number of benzene rings is 4. The summed E-state index contributed by atoms with van der Waals surface area (Å²) < 4.78 is 44.0. The number of rotatable bonds is 10. The molecule has 6 aromatic rings. The minimum atomic E-state index is -0.822. The molecule has 0 aliphatic carbocycles. The molecule has 0 saturated carbocycles. The predicted molar refractivity (Wildman–Crippen MR) is 194 cm³/mol. The summed E-state index contributed by atoms with van der Waals surface area (Å²) in [7, 11) is 3.24. The topological polar surface area (TPSA) is 116 Å². The highest BCUT2D eigenvalue weighted by Gasteiger charge is 2.26. The number of anilines is 1. The maximum atomic E-state index is 15.2. The van der Waals surface area contributed by atoms with Gasteiger partial charge in [0, 0.05) is 35.3 Å². The summed E-state index contributed by atoms with van der Waals surface area (Å²) >= 11 is 1.18. The number of nitrogens with one attached hydrogen (secondary N) is 2. The minimum Gasteiger partial charge on any atom is -0.486 e. The number of urea groups is 1. The molecule has 3 heterocycles. The molecule has 1 aliphatic rings. The number of fused-ring (bicyclic) bond motifs is 2. The van der Waals surface area contributed by atoms with Crippen molar-refractivity contribution in [3.63, 3.8) is 0 Å². The highest BCUT2D eigenvalue weighted by molar-refractivity contribution is 7.22. The number of amides is 2. The Kier molecular flexibility index (Phi) is 9.85. The average Bonchev–Trinajstić information content (AvgIpc) is 3.50. The van der Waals surface area contributed by atoms with Crippen molar-refractivity contribution >= 4 is 33.3 Å². The lowest BCUT2D eigenvalue weighted by Crippen LogP contribution is -2.39. The van der Waals surface area contributed by atoms with E-state index in [0.29, 0.717) is 52.9 Å². The number of hydroxylamine groups is 1. The van der Waals surface area contributed by atoms with Gasteiger partial charge in [-0.05, 0) is 60.1 Å². The number of carbonyl (C=O) groups excluding carboxylic acids is 1. The Morgan fingerprint density at radius 3 is 2.31 bits per heavy atom. The molecular formula is C38H33F2N5O6S. The van der Waals surface area contributed by atoms with Gasteiger partial charge in [-0.25, -0.2) is 28.4 Å². The summed E-state index contributed by atoms with van der Waals surface area (Å²) in [5, 5.41) is 2.89.